The summed E-state index contributed by atoms with van der Waals surface area (Å²) in [5.74, 6) is 0.313. The maximum atomic E-state index is 12.3. The van der Waals surface area contributed by atoms with Crippen molar-refractivity contribution >= 4 is 0 Å². The highest BCUT2D eigenvalue weighted by molar-refractivity contribution is 5.42. The molecule has 1 N–H and O–H groups in total. The average molecular weight is 328 g/mol. The first-order valence-electron chi connectivity index (χ1n) is 6.68. The number of halogens is 3. The van der Waals surface area contributed by atoms with Crippen molar-refractivity contribution in [2.24, 2.45) is 0 Å². The number of phenolic OH excluding ortho intramolecular Hbond substituents is 1. The average Bonchev–Trinajstić information content (AvgIpc) is 2.45. The molecule has 0 aliphatic heterocycles. The van der Waals surface area contributed by atoms with Crippen molar-refractivity contribution in [3.63, 3.8) is 0 Å². The molecule has 0 heterocycles. The minimum absolute atomic E-state index is 0.0515. The van der Waals surface area contributed by atoms with Crippen LogP contribution in [0, 0.1) is 0 Å². The van der Waals surface area contributed by atoms with E-state index < -0.39 is 12.5 Å². The Morgan fingerprint density at radius 1 is 1.04 bits per heavy atom. The molecule has 1 atom stereocenters. The van der Waals surface area contributed by atoms with E-state index in [2.05, 4.69) is 4.74 Å². The lowest BCUT2D eigenvalue weighted by atomic mass is 10.1. The number of methoxy groups -OCH3 is 1. The van der Waals surface area contributed by atoms with Crippen molar-refractivity contribution in [3.8, 4) is 23.0 Å². The molecule has 0 radical (unpaired) electrons. The molecule has 1 unspecified atom stereocenters. The SMILES string of the molecule is COc1cc(OC(F)(F)F)ccc1C(C)Oc1cccc(O)c1. The van der Waals surface area contributed by atoms with Gasteiger partial charge in [0.25, 0.3) is 0 Å². The molecule has 0 fully saturated rings. The first-order chi connectivity index (χ1) is 10.8. The first-order valence-corrected chi connectivity index (χ1v) is 6.68. The molecule has 4 nitrogen and oxygen atoms in total. The van der Waals surface area contributed by atoms with Gasteiger partial charge < -0.3 is 19.3 Å². The Morgan fingerprint density at radius 3 is 2.39 bits per heavy atom. The molecule has 0 aromatic heterocycles. The molecular formula is C16H15F3O4. The highest BCUT2D eigenvalue weighted by atomic mass is 19.4. The number of phenols is 1. The van der Waals surface area contributed by atoms with Crippen LogP contribution in [-0.2, 0) is 0 Å². The second-order valence-electron chi connectivity index (χ2n) is 4.71. The molecule has 2 rings (SSSR count). The summed E-state index contributed by atoms with van der Waals surface area (Å²) >= 11 is 0. The summed E-state index contributed by atoms with van der Waals surface area (Å²) in [6.45, 7) is 1.71. The lowest BCUT2D eigenvalue weighted by molar-refractivity contribution is -0.274. The Balaban J connectivity index is 2.21. The third-order valence-electron chi connectivity index (χ3n) is 3.01. The third-order valence-corrected chi connectivity index (χ3v) is 3.01. The van der Waals surface area contributed by atoms with Crippen LogP contribution in [-0.4, -0.2) is 18.6 Å². The number of benzene rings is 2. The van der Waals surface area contributed by atoms with Crippen LogP contribution < -0.4 is 14.2 Å². The summed E-state index contributed by atoms with van der Waals surface area (Å²) < 4.78 is 51.4. The highest BCUT2D eigenvalue weighted by Gasteiger charge is 2.31. The number of alkyl halides is 3. The van der Waals surface area contributed by atoms with Gasteiger partial charge in [0.05, 0.1) is 7.11 Å². The van der Waals surface area contributed by atoms with E-state index in [1.807, 2.05) is 0 Å². The van der Waals surface area contributed by atoms with Gasteiger partial charge in [-0.25, -0.2) is 0 Å². The van der Waals surface area contributed by atoms with Crippen LogP contribution in [0.25, 0.3) is 0 Å². The largest absolute Gasteiger partial charge is 0.573 e. The van der Waals surface area contributed by atoms with Crippen LogP contribution >= 0.6 is 0 Å². The molecule has 0 aliphatic carbocycles. The minimum atomic E-state index is -4.77. The fraction of sp³-hybridized carbons (Fsp3) is 0.250. The summed E-state index contributed by atoms with van der Waals surface area (Å²) in [7, 11) is 1.34. The van der Waals surface area contributed by atoms with Gasteiger partial charge in [-0.05, 0) is 31.2 Å². The first kappa shape index (κ1) is 16.8. The second kappa shape index (κ2) is 6.68. The van der Waals surface area contributed by atoms with E-state index in [0.717, 1.165) is 6.07 Å². The van der Waals surface area contributed by atoms with E-state index in [9.17, 15) is 18.3 Å². The molecule has 7 heteroatoms. The van der Waals surface area contributed by atoms with Crippen molar-refractivity contribution in [2.45, 2.75) is 19.4 Å². The van der Waals surface area contributed by atoms with Gasteiger partial charge in [0.15, 0.2) is 0 Å². The fourth-order valence-electron chi connectivity index (χ4n) is 2.05. The zero-order chi connectivity index (χ0) is 17.0. The van der Waals surface area contributed by atoms with Gasteiger partial charge in [0.1, 0.15) is 29.1 Å². The number of ether oxygens (including phenoxy) is 3. The summed E-state index contributed by atoms with van der Waals surface area (Å²) in [5, 5.41) is 9.41. The van der Waals surface area contributed by atoms with Crippen LogP contribution in [0.3, 0.4) is 0 Å². The van der Waals surface area contributed by atoms with Gasteiger partial charge in [-0.3, -0.25) is 0 Å². The van der Waals surface area contributed by atoms with Gasteiger partial charge in [-0.2, -0.15) is 0 Å². The quantitative estimate of drug-likeness (QED) is 0.881. The van der Waals surface area contributed by atoms with E-state index in [4.69, 9.17) is 9.47 Å². The highest BCUT2D eigenvalue weighted by Crippen LogP contribution is 2.34. The predicted molar refractivity (Wildman–Crippen MR) is 76.8 cm³/mol. The van der Waals surface area contributed by atoms with E-state index in [0.29, 0.717) is 11.3 Å². The fourth-order valence-corrected chi connectivity index (χ4v) is 2.05. The molecule has 0 bridgehead atoms. The Kier molecular flexibility index (Phi) is 4.88. The molecule has 0 saturated carbocycles. The Bertz CT molecular complexity index is 671. The van der Waals surface area contributed by atoms with Gasteiger partial charge in [0, 0.05) is 17.7 Å². The minimum Gasteiger partial charge on any atom is -0.508 e. The molecule has 2 aromatic carbocycles. The van der Waals surface area contributed by atoms with Gasteiger partial charge in [-0.15, -0.1) is 13.2 Å². The van der Waals surface area contributed by atoms with Crippen LogP contribution in [0.4, 0.5) is 13.2 Å². The Morgan fingerprint density at radius 2 is 1.78 bits per heavy atom. The van der Waals surface area contributed by atoms with E-state index >= 15 is 0 Å². The zero-order valence-electron chi connectivity index (χ0n) is 12.4. The maximum Gasteiger partial charge on any atom is 0.573 e. The number of hydrogen-bond donors (Lipinski definition) is 1. The van der Waals surface area contributed by atoms with E-state index in [1.165, 1.54) is 31.4 Å². The molecule has 0 amide bonds. The van der Waals surface area contributed by atoms with Crippen LogP contribution in [0.1, 0.15) is 18.6 Å². The molecule has 23 heavy (non-hydrogen) atoms. The standard InChI is InChI=1S/C16H15F3O4/c1-10(22-12-5-3-4-11(20)8-12)14-7-6-13(9-15(14)21-2)23-16(17,18)19/h3-10,20H,1-2H3. The molecule has 124 valence electrons. The lowest BCUT2D eigenvalue weighted by Crippen LogP contribution is -2.17. The monoisotopic (exact) mass is 328 g/mol. The van der Waals surface area contributed by atoms with E-state index in [1.54, 1.807) is 19.1 Å². The molecule has 0 spiro atoms. The van der Waals surface area contributed by atoms with Crippen molar-refractivity contribution < 1.29 is 32.5 Å². The number of rotatable bonds is 5. The third kappa shape index (κ3) is 4.70. The van der Waals surface area contributed by atoms with Crippen molar-refractivity contribution in [2.75, 3.05) is 7.11 Å². The summed E-state index contributed by atoms with van der Waals surface area (Å²) in [5.41, 5.74) is 0.547. The Labute approximate surface area is 131 Å². The van der Waals surface area contributed by atoms with Gasteiger partial charge >= 0.3 is 6.36 Å². The maximum absolute atomic E-state index is 12.3. The summed E-state index contributed by atoms with van der Waals surface area (Å²) in [4.78, 5) is 0. The van der Waals surface area contributed by atoms with E-state index in [-0.39, 0.29) is 17.2 Å². The second-order valence-corrected chi connectivity index (χ2v) is 4.71. The predicted octanol–water partition coefficient (Wildman–Crippen LogP) is 4.44. The summed E-state index contributed by atoms with van der Waals surface area (Å²) in [6, 6.07) is 9.98. The van der Waals surface area contributed by atoms with Crippen molar-refractivity contribution in [1.82, 2.24) is 0 Å². The number of hydrogen-bond acceptors (Lipinski definition) is 4. The summed E-state index contributed by atoms with van der Waals surface area (Å²) in [6.07, 6.45) is -5.28. The lowest BCUT2D eigenvalue weighted by Gasteiger charge is -2.19. The van der Waals surface area contributed by atoms with Crippen molar-refractivity contribution in [3.05, 3.63) is 48.0 Å². The van der Waals surface area contributed by atoms with Crippen LogP contribution in [0.15, 0.2) is 42.5 Å². The molecule has 0 saturated heterocycles. The van der Waals surface area contributed by atoms with Crippen LogP contribution in [0.2, 0.25) is 0 Å². The van der Waals surface area contributed by atoms with Gasteiger partial charge in [0.2, 0.25) is 0 Å². The smallest absolute Gasteiger partial charge is 0.508 e. The van der Waals surface area contributed by atoms with Crippen molar-refractivity contribution in [1.29, 1.82) is 0 Å². The normalized spacial score (nSPS) is 12.6. The molecule has 2 aromatic rings. The van der Waals surface area contributed by atoms with Crippen LogP contribution in [0.5, 0.6) is 23.0 Å². The Hall–Kier alpha value is -2.57. The van der Waals surface area contributed by atoms with Gasteiger partial charge in [-0.1, -0.05) is 6.07 Å². The molecule has 0 aliphatic rings. The zero-order valence-corrected chi connectivity index (χ0v) is 12.4. The number of aromatic hydroxyl groups is 1. The molecular weight excluding hydrogens is 313 g/mol. The topological polar surface area (TPSA) is 47.9 Å².